The van der Waals surface area contributed by atoms with Gasteiger partial charge < -0.3 is 25.0 Å². The molecule has 0 aromatic carbocycles. The molecule has 0 saturated carbocycles. The molecule has 7 heteroatoms. The zero-order chi connectivity index (χ0) is 10.6. The summed E-state index contributed by atoms with van der Waals surface area (Å²) in [6, 6.07) is 0. The number of nitrogens with one attached hydrogen (secondary N) is 1. The van der Waals surface area contributed by atoms with Crippen molar-refractivity contribution < 1.29 is 29.3 Å². The van der Waals surface area contributed by atoms with Gasteiger partial charge in [-0.05, 0) is 0 Å². The van der Waals surface area contributed by atoms with Crippen LogP contribution in [0.25, 0.3) is 0 Å². The average Bonchev–Trinajstić information content (AvgIpc) is 2.01. The third kappa shape index (κ3) is 3.05. The summed E-state index contributed by atoms with van der Waals surface area (Å²) in [5, 5.41) is 19.0. The minimum Gasteiger partial charge on any atom is -0.449 e. The second-order valence-electron chi connectivity index (χ2n) is 2.30. The molecule has 0 fully saturated rings. The second kappa shape index (κ2) is 4.17. The van der Waals surface area contributed by atoms with Crippen LogP contribution in [0.1, 0.15) is 6.42 Å². The van der Waals surface area contributed by atoms with Crippen molar-refractivity contribution in [1.82, 2.24) is 5.32 Å². The lowest BCUT2D eigenvalue weighted by Crippen LogP contribution is -2.13. The van der Waals surface area contributed by atoms with E-state index in [1.165, 1.54) is 12.4 Å². The number of carboxylic acid groups (broad SMARTS) is 2. The fourth-order valence-electron chi connectivity index (χ4n) is 0.857. The maximum absolute atomic E-state index is 10.1. The van der Waals surface area contributed by atoms with E-state index in [9.17, 15) is 9.59 Å². The van der Waals surface area contributed by atoms with E-state index < -0.39 is 12.3 Å². The van der Waals surface area contributed by atoms with Crippen LogP contribution in [0.4, 0.5) is 9.59 Å². The van der Waals surface area contributed by atoms with Gasteiger partial charge in [0, 0.05) is 12.4 Å². The van der Waals surface area contributed by atoms with Crippen LogP contribution in [0.3, 0.4) is 0 Å². The van der Waals surface area contributed by atoms with Crippen LogP contribution in [-0.4, -0.2) is 22.5 Å². The quantitative estimate of drug-likeness (QED) is 0.573. The van der Waals surface area contributed by atoms with Gasteiger partial charge in [-0.2, -0.15) is 0 Å². The van der Waals surface area contributed by atoms with Gasteiger partial charge in [0.15, 0.2) is 0 Å². The molecule has 1 aliphatic heterocycles. The molecule has 1 heterocycles. The molecule has 0 saturated heterocycles. The molecule has 1 aliphatic rings. The fraction of sp³-hybridized carbons (Fsp3) is 0.143. The normalized spacial score (nSPS) is 14.6. The number of hydrogen-bond acceptors (Lipinski definition) is 5. The monoisotopic (exact) mass is 201 g/mol. The van der Waals surface area contributed by atoms with E-state index >= 15 is 0 Å². The van der Waals surface area contributed by atoms with Gasteiger partial charge in [0.05, 0.1) is 6.42 Å². The average molecular weight is 201 g/mol. The predicted octanol–water partition coefficient (Wildman–Crippen LogP) is 1.05. The van der Waals surface area contributed by atoms with Gasteiger partial charge in [-0.25, -0.2) is 9.59 Å². The maximum Gasteiger partial charge on any atom is 0.511 e. The van der Waals surface area contributed by atoms with Gasteiger partial charge in [-0.3, -0.25) is 0 Å². The Bertz CT molecular complexity index is 288. The van der Waals surface area contributed by atoms with Crippen molar-refractivity contribution >= 4 is 12.3 Å². The highest BCUT2D eigenvalue weighted by molar-refractivity contribution is 5.60. The van der Waals surface area contributed by atoms with Crippen LogP contribution in [-0.2, 0) is 9.47 Å². The maximum atomic E-state index is 10.1. The van der Waals surface area contributed by atoms with Crippen molar-refractivity contribution in [3.63, 3.8) is 0 Å². The molecule has 0 aromatic rings. The first-order valence-corrected chi connectivity index (χ1v) is 3.53. The number of ether oxygens (including phenoxy) is 2. The van der Waals surface area contributed by atoms with E-state index in [2.05, 4.69) is 14.8 Å². The number of rotatable bonds is 2. The largest absolute Gasteiger partial charge is 0.511 e. The van der Waals surface area contributed by atoms with Crippen LogP contribution in [0.2, 0.25) is 0 Å². The Labute approximate surface area is 78.2 Å². The minimum absolute atomic E-state index is 0.0222. The molecular weight excluding hydrogens is 194 g/mol. The smallest absolute Gasteiger partial charge is 0.449 e. The molecule has 0 atom stereocenters. The van der Waals surface area contributed by atoms with E-state index in [0.717, 1.165) is 0 Å². The number of hydrogen-bond donors (Lipinski definition) is 3. The lowest BCUT2D eigenvalue weighted by Gasteiger charge is -2.12. The Balaban J connectivity index is 2.50. The lowest BCUT2D eigenvalue weighted by atomic mass is 10.3. The fourth-order valence-corrected chi connectivity index (χ4v) is 0.857. The predicted molar refractivity (Wildman–Crippen MR) is 42.1 cm³/mol. The highest BCUT2D eigenvalue weighted by Gasteiger charge is 2.14. The molecule has 1 rings (SSSR count). The van der Waals surface area contributed by atoms with Crippen LogP contribution in [0.5, 0.6) is 0 Å². The lowest BCUT2D eigenvalue weighted by molar-refractivity contribution is 0.105. The van der Waals surface area contributed by atoms with Gasteiger partial charge in [0.1, 0.15) is 11.5 Å². The van der Waals surface area contributed by atoms with Gasteiger partial charge in [-0.15, -0.1) is 0 Å². The molecule has 0 radical (unpaired) electrons. The number of dihydropyridines is 1. The van der Waals surface area contributed by atoms with Crippen molar-refractivity contribution in [2.75, 3.05) is 0 Å². The molecule has 76 valence electrons. The molecule has 14 heavy (non-hydrogen) atoms. The third-order valence-electron chi connectivity index (χ3n) is 1.27. The zero-order valence-corrected chi connectivity index (χ0v) is 6.89. The van der Waals surface area contributed by atoms with E-state index in [1.54, 1.807) is 0 Å². The summed E-state index contributed by atoms with van der Waals surface area (Å²) in [7, 11) is 0. The van der Waals surface area contributed by atoms with E-state index in [-0.39, 0.29) is 17.9 Å². The van der Waals surface area contributed by atoms with Crippen LogP contribution in [0.15, 0.2) is 23.9 Å². The number of carbonyl (C=O) groups is 2. The first kappa shape index (κ1) is 9.90. The summed E-state index contributed by atoms with van der Waals surface area (Å²) >= 11 is 0. The van der Waals surface area contributed by atoms with Crippen molar-refractivity contribution in [2.24, 2.45) is 0 Å². The van der Waals surface area contributed by atoms with Crippen molar-refractivity contribution in [3.8, 4) is 0 Å². The molecule has 0 unspecified atom stereocenters. The van der Waals surface area contributed by atoms with Crippen LogP contribution >= 0.6 is 0 Å². The Morgan fingerprint density at radius 3 is 1.93 bits per heavy atom. The molecule has 0 aromatic heterocycles. The standard InChI is InChI=1S/C7H7NO6/c9-6(10)13-4-1-5(3-8-2-4)14-7(11)12/h2-3,8H,1H2,(H,9,10)(H,11,12). The SMILES string of the molecule is O=C(O)OC1=CNC=C(OC(=O)O)C1. The minimum atomic E-state index is -1.46. The summed E-state index contributed by atoms with van der Waals surface area (Å²) in [6.07, 6.45) is -0.360. The van der Waals surface area contributed by atoms with Gasteiger partial charge in [-0.1, -0.05) is 0 Å². The van der Waals surface area contributed by atoms with E-state index in [0.29, 0.717) is 0 Å². The van der Waals surface area contributed by atoms with Crippen molar-refractivity contribution in [1.29, 1.82) is 0 Å². The first-order valence-electron chi connectivity index (χ1n) is 3.53. The Morgan fingerprint density at radius 2 is 1.57 bits per heavy atom. The Hall–Kier alpha value is -2.18. The summed E-state index contributed by atoms with van der Waals surface area (Å²) in [4.78, 5) is 20.3. The molecule has 0 amide bonds. The van der Waals surface area contributed by atoms with Crippen molar-refractivity contribution in [2.45, 2.75) is 6.42 Å². The highest BCUT2D eigenvalue weighted by atomic mass is 16.7. The summed E-state index contributed by atoms with van der Waals surface area (Å²) in [5.74, 6) is 0.132. The molecule has 3 N–H and O–H groups in total. The van der Waals surface area contributed by atoms with E-state index in [4.69, 9.17) is 10.2 Å². The third-order valence-corrected chi connectivity index (χ3v) is 1.27. The van der Waals surface area contributed by atoms with Gasteiger partial charge in [0.2, 0.25) is 0 Å². The summed E-state index contributed by atoms with van der Waals surface area (Å²) in [6.45, 7) is 0. The second-order valence-corrected chi connectivity index (χ2v) is 2.30. The molecular formula is C7H7NO6. The van der Waals surface area contributed by atoms with Gasteiger partial charge >= 0.3 is 12.3 Å². The Kier molecular flexibility index (Phi) is 2.95. The van der Waals surface area contributed by atoms with Crippen molar-refractivity contribution in [3.05, 3.63) is 23.9 Å². The molecule has 0 bridgehead atoms. The molecule has 7 nitrogen and oxygen atoms in total. The topological polar surface area (TPSA) is 105 Å². The highest BCUT2D eigenvalue weighted by Crippen LogP contribution is 2.16. The molecule has 0 aliphatic carbocycles. The van der Waals surface area contributed by atoms with Crippen LogP contribution < -0.4 is 5.32 Å². The van der Waals surface area contributed by atoms with Crippen LogP contribution in [0, 0.1) is 0 Å². The molecule has 0 spiro atoms. The first-order chi connectivity index (χ1) is 6.58. The van der Waals surface area contributed by atoms with E-state index in [1.807, 2.05) is 0 Å². The Morgan fingerprint density at radius 1 is 1.14 bits per heavy atom. The zero-order valence-electron chi connectivity index (χ0n) is 6.89. The summed E-state index contributed by atoms with van der Waals surface area (Å²) < 4.78 is 8.61. The van der Waals surface area contributed by atoms with Gasteiger partial charge in [0.25, 0.3) is 0 Å². The summed E-state index contributed by atoms with van der Waals surface area (Å²) in [5.41, 5.74) is 0.